The van der Waals surface area contributed by atoms with Gasteiger partial charge in [-0.15, -0.1) is 0 Å². The third-order valence-corrected chi connectivity index (χ3v) is 9.82. The number of H-pyrrole nitrogens is 4. The number of nitrogens with zero attached hydrogens (tertiary/aromatic N) is 2. The molecule has 2 aromatic carbocycles. The van der Waals surface area contributed by atoms with E-state index in [4.69, 9.17) is 0 Å². The molecule has 3 aliphatic heterocycles. The molecule has 50 heavy (non-hydrogen) atoms. The molecule has 0 unspecified atom stereocenters. The van der Waals surface area contributed by atoms with Gasteiger partial charge in [0, 0.05) is 93.6 Å². The summed E-state index contributed by atoms with van der Waals surface area (Å²) in [6, 6.07) is 39.0. The van der Waals surface area contributed by atoms with Crippen LogP contribution in [-0.2, 0) is 0 Å². The van der Waals surface area contributed by atoms with Gasteiger partial charge in [0.05, 0.1) is 0 Å². The maximum Gasteiger partial charge on any atom is 0.0485 e. The van der Waals surface area contributed by atoms with Crippen molar-refractivity contribution in [3.63, 3.8) is 0 Å². The largest absolute Gasteiger partial charge is 0.377 e. The molecule has 6 nitrogen and oxygen atoms in total. The summed E-state index contributed by atoms with van der Waals surface area (Å²) in [5.41, 5.74) is 13.3. The van der Waals surface area contributed by atoms with Gasteiger partial charge in [0.25, 0.3) is 0 Å². The van der Waals surface area contributed by atoms with Gasteiger partial charge in [0.15, 0.2) is 0 Å². The number of allylic oxidation sites excluding steroid dienone is 4. The van der Waals surface area contributed by atoms with Gasteiger partial charge < -0.3 is 29.7 Å². The van der Waals surface area contributed by atoms with Crippen molar-refractivity contribution >= 4 is 22.3 Å². The normalized spacial score (nSPS) is 15.9. The second-order valence-electron chi connectivity index (χ2n) is 13.2. The van der Waals surface area contributed by atoms with Crippen molar-refractivity contribution in [2.75, 3.05) is 27.2 Å². The third-order valence-electron chi connectivity index (χ3n) is 9.82. The molecule has 0 fully saturated rings. The molecule has 6 heteroatoms. The highest BCUT2D eigenvalue weighted by Crippen LogP contribution is 2.29. The first-order valence-corrected chi connectivity index (χ1v) is 17.1. The van der Waals surface area contributed by atoms with Crippen molar-refractivity contribution in [3.8, 4) is 0 Å². The Kier molecular flexibility index (Phi) is 7.28. The van der Waals surface area contributed by atoms with Gasteiger partial charge >= 0.3 is 0 Å². The Morgan fingerprint density at radius 1 is 0.400 bits per heavy atom. The molecule has 244 valence electrons. The van der Waals surface area contributed by atoms with E-state index < -0.39 is 0 Å². The van der Waals surface area contributed by atoms with Crippen molar-refractivity contribution in [3.05, 3.63) is 212 Å². The maximum atomic E-state index is 3.87. The van der Waals surface area contributed by atoms with Crippen molar-refractivity contribution in [2.24, 2.45) is 0 Å². The maximum absolute atomic E-state index is 3.87. The molecule has 8 bridgehead atoms. The number of fused-ring (bicyclic) bond motifs is 8. The van der Waals surface area contributed by atoms with Crippen LogP contribution in [0.25, 0.3) is 22.3 Å². The van der Waals surface area contributed by atoms with Gasteiger partial charge in [-0.3, -0.25) is 0 Å². The molecule has 0 aliphatic carbocycles. The Hall–Kier alpha value is -6.40. The predicted molar refractivity (Wildman–Crippen MR) is 203 cm³/mol. The lowest BCUT2D eigenvalue weighted by Crippen LogP contribution is -2.21. The van der Waals surface area contributed by atoms with Crippen LogP contribution in [0.5, 0.6) is 0 Å². The molecule has 0 radical (unpaired) electrons. The monoisotopic (exact) mass is 650 g/mol. The fraction of sp³-hybridized carbons (Fsp3) is 0.0909. The van der Waals surface area contributed by atoms with E-state index in [1.807, 2.05) is 0 Å². The van der Waals surface area contributed by atoms with Crippen LogP contribution in [0.4, 0.5) is 0 Å². The molecule has 0 amide bonds. The molecule has 0 saturated carbocycles. The quantitative estimate of drug-likeness (QED) is 0.218. The Labute approximate surface area is 290 Å². The van der Waals surface area contributed by atoms with Gasteiger partial charge in [-0.1, -0.05) is 72.8 Å². The minimum Gasteiger partial charge on any atom is -0.377 e. The molecule has 4 aromatic heterocycles. The summed E-state index contributed by atoms with van der Waals surface area (Å²) >= 11 is 0. The molecule has 6 aromatic rings. The molecule has 3 aliphatic rings. The van der Waals surface area contributed by atoms with E-state index in [9.17, 15) is 0 Å². The van der Waals surface area contributed by atoms with Crippen LogP contribution in [-0.4, -0.2) is 56.9 Å². The van der Waals surface area contributed by atoms with Crippen LogP contribution < -0.4 is 21.4 Å². The van der Waals surface area contributed by atoms with Crippen LogP contribution in [0.2, 0.25) is 0 Å². The Morgan fingerprint density at radius 3 is 1.12 bits per heavy atom. The minimum atomic E-state index is 0.844. The highest BCUT2D eigenvalue weighted by atomic mass is 15.1. The summed E-state index contributed by atoms with van der Waals surface area (Å²) in [6.45, 7) is 1.69. The molecular formula is C44H38N6. The van der Waals surface area contributed by atoms with Gasteiger partial charge in [-0.25, -0.2) is 0 Å². The summed E-state index contributed by atoms with van der Waals surface area (Å²) in [4.78, 5) is 19.9. The van der Waals surface area contributed by atoms with Crippen LogP contribution >= 0.6 is 0 Å². The summed E-state index contributed by atoms with van der Waals surface area (Å²) in [5.74, 6) is 0. The highest BCUT2D eigenvalue weighted by molar-refractivity contribution is 5.85. The van der Waals surface area contributed by atoms with Crippen LogP contribution in [0.1, 0.15) is 33.9 Å². The first-order chi connectivity index (χ1) is 24.6. The van der Waals surface area contributed by atoms with E-state index in [0.29, 0.717) is 0 Å². The lowest BCUT2D eigenvalue weighted by molar-refractivity contribution is 0.503. The van der Waals surface area contributed by atoms with Gasteiger partial charge in [-0.05, 0) is 95.4 Å². The molecular weight excluding hydrogens is 613 g/mol. The van der Waals surface area contributed by atoms with Crippen LogP contribution in [0.3, 0.4) is 0 Å². The van der Waals surface area contributed by atoms with Gasteiger partial charge in [-0.2, -0.15) is 0 Å². The first kappa shape index (κ1) is 29.7. The number of benzene rings is 2. The first-order valence-electron chi connectivity index (χ1n) is 17.1. The zero-order chi connectivity index (χ0) is 33.6. The molecule has 0 saturated heterocycles. The SMILES string of the molecule is CN1C=CC(C2=c3ccc([nH]3)=C(c3ccccc3)c3ccc([nH]3)C(C3=CCN(C)C=C3)=c3ccc([nH]3)=C(c3ccccc3)c3ccc2[nH]3)=CC1. The van der Waals surface area contributed by atoms with E-state index in [0.717, 1.165) is 90.7 Å². The van der Waals surface area contributed by atoms with Crippen molar-refractivity contribution in [2.45, 2.75) is 0 Å². The summed E-state index contributed by atoms with van der Waals surface area (Å²) < 4.78 is 0. The topological polar surface area (TPSA) is 69.6 Å². The van der Waals surface area contributed by atoms with E-state index in [-0.39, 0.29) is 0 Å². The number of hydrogen-bond acceptors (Lipinski definition) is 2. The number of hydrogen-bond donors (Lipinski definition) is 4. The van der Waals surface area contributed by atoms with E-state index in [1.165, 1.54) is 11.1 Å². The lowest BCUT2D eigenvalue weighted by Gasteiger charge is -2.18. The standard InChI is InChI=1S/C44H38N6/c1-49-25-21-31(22-26-49)43-37-17-13-33(45-37)41(29-9-5-3-6-10-29)35-15-19-39(47-35)44(32-23-27-50(2)28-24-32)40-20-16-36(48-40)42(30-11-7-4-8-12-30)34-14-18-38(43)46-34/h3-25,27,45-48H,26,28H2,1-2H3. The average Bonchev–Trinajstić information content (AvgIpc) is 3.98. The Balaban J connectivity index is 1.41. The summed E-state index contributed by atoms with van der Waals surface area (Å²) in [7, 11) is 4.21. The number of aromatic amines is 4. The second-order valence-corrected chi connectivity index (χ2v) is 13.2. The fourth-order valence-electron chi connectivity index (χ4n) is 7.31. The van der Waals surface area contributed by atoms with Crippen LogP contribution in [0.15, 0.2) is 157 Å². The van der Waals surface area contributed by atoms with E-state index in [1.54, 1.807) is 0 Å². The van der Waals surface area contributed by atoms with E-state index in [2.05, 4.69) is 190 Å². The average molecular weight is 651 g/mol. The van der Waals surface area contributed by atoms with Crippen molar-refractivity contribution in [1.29, 1.82) is 0 Å². The van der Waals surface area contributed by atoms with Crippen LogP contribution in [0, 0.1) is 0 Å². The minimum absolute atomic E-state index is 0.844. The molecule has 0 atom stereocenters. The number of nitrogens with one attached hydrogen (secondary N) is 4. The lowest BCUT2D eigenvalue weighted by atomic mass is 10.0. The zero-order valence-electron chi connectivity index (χ0n) is 28.2. The van der Waals surface area contributed by atoms with Gasteiger partial charge in [0.2, 0.25) is 0 Å². The molecule has 7 heterocycles. The predicted octanol–water partition coefficient (Wildman–Crippen LogP) is 4.98. The van der Waals surface area contributed by atoms with Crippen molar-refractivity contribution in [1.82, 2.24) is 29.7 Å². The number of rotatable bonds is 4. The van der Waals surface area contributed by atoms with Crippen molar-refractivity contribution < 1.29 is 0 Å². The Bertz CT molecular complexity index is 2430. The third kappa shape index (κ3) is 5.31. The van der Waals surface area contributed by atoms with E-state index >= 15 is 0 Å². The zero-order valence-corrected chi connectivity index (χ0v) is 28.2. The summed E-state index contributed by atoms with van der Waals surface area (Å²) in [6.07, 6.45) is 13.3. The van der Waals surface area contributed by atoms with Gasteiger partial charge in [0.1, 0.15) is 0 Å². The smallest absolute Gasteiger partial charge is 0.0485 e. The molecule has 0 spiro atoms. The number of aromatic nitrogens is 4. The molecule has 4 N–H and O–H groups in total. The molecule has 9 rings (SSSR count). The Morgan fingerprint density at radius 2 is 0.760 bits per heavy atom. The number of likely N-dealkylation sites (N-methyl/N-ethyl adjacent to an activating group) is 2. The highest BCUT2D eigenvalue weighted by Gasteiger charge is 2.19. The second kappa shape index (κ2) is 12.2. The fourth-order valence-corrected chi connectivity index (χ4v) is 7.31. The summed E-state index contributed by atoms with van der Waals surface area (Å²) in [5, 5.41) is 4.20.